The summed E-state index contributed by atoms with van der Waals surface area (Å²) in [5, 5.41) is 2.88. The SMILES string of the molecule is CCOC(=O)c1c(C)[nH]c(C(=O)Nc2cccc(C(C)C)c2)c1C. The van der Waals surface area contributed by atoms with Gasteiger partial charge in [0.25, 0.3) is 5.91 Å². The lowest BCUT2D eigenvalue weighted by molar-refractivity contribution is 0.0525. The number of benzene rings is 1. The van der Waals surface area contributed by atoms with Crippen molar-refractivity contribution in [2.24, 2.45) is 0 Å². The molecule has 1 aromatic carbocycles. The number of H-pyrrole nitrogens is 1. The second-order valence-electron chi connectivity index (χ2n) is 6.08. The Kier molecular flexibility index (Phi) is 5.44. The first kappa shape index (κ1) is 17.8. The van der Waals surface area contributed by atoms with Gasteiger partial charge in [-0.25, -0.2) is 4.79 Å². The van der Waals surface area contributed by atoms with Gasteiger partial charge in [-0.1, -0.05) is 26.0 Å². The lowest BCUT2D eigenvalue weighted by atomic mass is 10.0. The second-order valence-corrected chi connectivity index (χ2v) is 6.08. The molecule has 2 N–H and O–H groups in total. The monoisotopic (exact) mass is 328 g/mol. The van der Waals surface area contributed by atoms with E-state index in [9.17, 15) is 9.59 Å². The predicted octanol–water partition coefficient (Wildman–Crippen LogP) is 4.18. The molecule has 1 aromatic heterocycles. The Hall–Kier alpha value is -2.56. The van der Waals surface area contributed by atoms with Gasteiger partial charge in [0.15, 0.2) is 0 Å². The summed E-state index contributed by atoms with van der Waals surface area (Å²) in [4.78, 5) is 27.6. The van der Waals surface area contributed by atoms with E-state index in [0.29, 0.717) is 35.0 Å². The average molecular weight is 328 g/mol. The molecule has 24 heavy (non-hydrogen) atoms. The van der Waals surface area contributed by atoms with Gasteiger partial charge in [-0.2, -0.15) is 0 Å². The minimum absolute atomic E-state index is 0.271. The summed E-state index contributed by atoms with van der Waals surface area (Å²) in [6, 6.07) is 7.76. The first-order chi connectivity index (χ1) is 11.3. The maximum atomic E-state index is 12.6. The van der Waals surface area contributed by atoms with Crippen molar-refractivity contribution in [3.63, 3.8) is 0 Å². The number of esters is 1. The van der Waals surface area contributed by atoms with Crippen molar-refractivity contribution in [2.75, 3.05) is 11.9 Å². The number of carbonyl (C=O) groups excluding carboxylic acids is 2. The molecule has 0 saturated heterocycles. The van der Waals surface area contributed by atoms with Gasteiger partial charge >= 0.3 is 5.97 Å². The molecule has 0 radical (unpaired) electrons. The number of nitrogens with one attached hydrogen (secondary N) is 2. The number of hydrogen-bond donors (Lipinski definition) is 2. The molecule has 0 atom stereocenters. The molecule has 2 aromatic rings. The normalized spacial score (nSPS) is 10.8. The van der Waals surface area contributed by atoms with E-state index in [4.69, 9.17) is 4.74 Å². The summed E-state index contributed by atoms with van der Waals surface area (Å²) < 4.78 is 5.05. The van der Waals surface area contributed by atoms with E-state index >= 15 is 0 Å². The van der Waals surface area contributed by atoms with Crippen LogP contribution in [-0.4, -0.2) is 23.5 Å². The molecule has 0 aliphatic rings. The highest BCUT2D eigenvalue weighted by atomic mass is 16.5. The third-order valence-electron chi connectivity index (χ3n) is 3.96. The molecule has 0 unspecified atom stereocenters. The molecule has 0 fully saturated rings. The average Bonchev–Trinajstić information content (AvgIpc) is 2.82. The molecule has 0 aliphatic carbocycles. The van der Waals surface area contributed by atoms with Gasteiger partial charge in [0.1, 0.15) is 5.69 Å². The van der Waals surface area contributed by atoms with Crippen molar-refractivity contribution in [3.05, 3.63) is 52.3 Å². The number of aryl methyl sites for hydroxylation is 1. The maximum absolute atomic E-state index is 12.6. The molecular weight excluding hydrogens is 304 g/mol. The highest BCUT2D eigenvalue weighted by Crippen LogP contribution is 2.22. The maximum Gasteiger partial charge on any atom is 0.340 e. The van der Waals surface area contributed by atoms with Crippen molar-refractivity contribution in [1.82, 2.24) is 4.98 Å². The van der Waals surface area contributed by atoms with Crippen LogP contribution in [0.1, 0.15) is 64.4 Å². The molecule has 5 nitrogen and oxygen atoms in total. The Labute approximate surface area is 142 Å². The number of anilines is 1. The zero-order valence-corrected chi connectivity index (χ0v) is 14.8. The van der Waals surface area contributed by atoms with Crippen LogP contribution >= 0.6 is 0 Å². The van der Waals surface area contributed by atoms with Crippen LogP contribution in [0.2, 0.25) is 0 Å². The van der Waals surface area contributed by atoms with Crippen LogP contribution in [0.5, 0.6) is 0 Å². The molecule has 5 heteroatoms. The highest BCUT2D eigenvalue weighted by molar-refractivity contribution is 6.06. The molecule has 128 valence electrons. The Morgan fingerprint density at radius 3 is 2.58 bits per heavy atom. The fourth-order valence-corrected chi connectivity index (χ4v) is 2.66. The van der Waals surface area contributed by atoms with Gasteiger partial charge in [0, 0.05) is 11.4 Å². The van der Waals surface area contributed by atoms with Crippen molar-refractivity contribution >= 4 is 17.6 Å². The van der Waals surface area contributed by atoms with Gasteiger partial charge in [-0.05, 0) is 49.9 Å². The van der Waals surface area contributed by atoms with Crippen molar-refractivity contribution < 1.29 is 14.3 Å². The summed E-state index contributed by atoms with van der Waals surface area (Å²) in [7, 11) is 0. The molecule has 0 bridgehead atoms. The molecule has 0 aliphatic heterocycles. The highest BCUT2D eigenvalue weighted by Gasteiger charge is 2.22. The summed E-state index contributed by atoms with van der Waals surface area (Å²) in [6.45, 7) is 9.76. The standard InChI is InChI=1S/C19H24N2O3/c1-6-24-19(23)16-12(4)17(20-13(16)5)18(22)21-15-9-7-8-14(10-15)11(2)3/h7-11,20H,6H2,1-5H3,(H,21,22). The summed E-state index contributed by atoms with van der Waals surface area (Å²) in [5.74, 6) is -0.302. The second kappa shape index (κ2) is 7.34. The fourth-order valence-electron chi connectivity index (χ4n) is 2.66. The third-order valence-corrected chi connectivity index (χ3v) is 3.96. The zero-order valence-electron chi connectivity index (χ0n) is 14.8. The molecule has 0 saturated carbocycles. The van der Waals surface area contributed by atoms with E-state index in [-0.39, 0.29) is 5.91 Å². The Morgan fingerprint density at radius 1 is 1.25 bits per heavy atom. The van der Waals surface area contributed by atoms with E-state index in [1.165, 1.54) is 0 Å². The largest absolute Gasteiger partial charge is 0.462 e. The van der Waals surface area contributed by atoms with Gasteiger partial charge < -0.3 is 15.0 Å². The minimum Gasteiger partial charge on any atom is -0.462 e. The van der Waals surface area contributed by atoms with Crippen LogP contribution in [0.25, 0.3) is 0 Å². The number of rotatable bonds is 5. The van der Waals surface area contributed by atoms with Crippen molar-refractivity contribution in [3.8, 4) is 0 Å². The lowest BCUT2D eigenvalue weighted by Crippen LogP contribution is -2.14. The molecule has 1 heterocycles. The molecule has 2 rings (SSSR count). The molecular formula is C19H24N2O3. The first-order valence-electron chi connectivity index (χ1n) is 8.12. The van der Waals surface area contributed by atoms with Crippen LogP contribution < -0.4 is 5.32 Å². The number of hydrogen-bond acceptors (Lipinski definition) is 3. The van der Waals surface area contributed by atoms with Gasteiger partial charge in [0.2, 0.25) is 0 Å². The van der Waals surface area contributed by atoms with Crippen LogP contribution in [0.4, 0.5) is 5.69 Å². The minimum atomic E-state index is -0.412. The van der Waals surface area contributed by atoms with Crippen molar-refractivity contribution in [2.45, 2.75) is 40.5 Å². The fraction of sp³-hybridized carbons (Fsp3) is 0.368. The van der Waals surface area contributed by atoms with E-state index in [1.54, 1.807) is 20.8 Å². The molecule has 0 spiro atoms. The number of amides is 1. The summed E-state index contributed by atoms with van der Waals surface area (Å²) in [5.41, 5.74) is 3.92. The predicted molar refractivity (Wildman–Crippen MR) is 94.7 cm³/mol. The lowest BCUT2D eigenvalue weighted by Gasteiger charge is -2.09. The quantitative estimate of drug-likeness (QED) is 0.809. The van der Waals surface area contributed by atoms with Crippen LogP contribution in [-0.2, 0) is 4.74 Å². The Bertz CT molecular complexity index is 760. The topological polar surface area (TPSA) is 71.2 Å². The van der Waals surface area contributed by atoms with Crippen LogP contribution in [0.3, 0.4) is 0 Å². The van der Waals surface area contributed by atoms with Gasteiger partial charge in [-0.15, -0.1) is 0 Å². The van der Waals surface area contributed by atoms with Crippen molar-refractivity contribution in [1.29, 1.82) is 0 Å². The van der Waals surface area contributed by atoms with Crippen LogP contribution in [0.15, 0.2) is 24.3 Å². The van der Waals surface area contributed by atoms with Crippen LogP contribution in [0, 0.1) is 13.8 Å². The number of ether oxygens (including phenoxy) is 1. The van der Waals surface area contributed by atoms with E-state index < -0.39 is 5.97 Å². The Morgan fingerprint density at radius 2 is 1.96 bits per heavy atom. The van der Waals surface area contributed by atoms with Gasteiger partial charge in [0.05, 0.1) is 12.2 Å². The van der Waals surface area contributed by atoms with E-state index in [0.717, 1.165) is 11.3 Å². The third kappa shape index (κ3) is 3.67. The summed E-state index contributed by atoms with van der Waals surface area (Å²) in [6.07, 6.45) is 0. The molecule has 1 amide bonds. The smallest absolute Gasteiger partial charge is 0.340 e. The number of aromatic nitrogens is 1. The van der Waals surface area contributed by atoms with E-state index in [1.807, 2.05) is 24.3 Å². The number of carbonyl (C=O) groups is 2. The summed E-state index contributed by atoms with van der Waals surface area (Å²) >= 11 is 0. The Balaban J connectivity index is 2.26. The number of aromatic amines is 1. The zero-order chi connectivity index (χ0) is 17.9. The van der Waals surface area contributed by atoms with Gasteiger partial charge in [-0.3, -0.25) is 4.79 Å². The van der Waals surface area contributed by atoms with E-state index in [2.05, 4.69) is 24.1 Å². The first-order valence-corrected chi connectivity index (χ1v) is 8.12.